The monoisotopic (exact) mass is 789 g/mol. The zero-order valence-electron chi connectivity index (χ0n) is 17.7. The molecule has 0 saturated heterocycles. The summed E-state index contributed by atoms with van der Waals surface area (Å²) in [6.45, 7) is 4.24. The van der Waals surface area contributed by atoms with Crippen LogP contribution in [0.1, 0.15) is 47.9 Å². The zero-order chi connectivity index (χ0) is 24.6. The fraction of sp³-hybridized carbons (Fsp3) is 0.526. The number of halogens is 3. The van der Waals surface area contributed by atoms with Gasteiger partial charge in [-0.1, -0.05) is 0 Å². The normalized spacial score (nSPS) is 12.8. The summed E-state index contributed by atoms with van der Waals surface area (Å²) < 4.78 is 1.11. The van der Waals surface area contributed by atoms with Gasteiger partial charge in [-0.2, -0.15) is 5.06 Å². The van der Waals surface area contributed by atoms with E-state index in [4.69, 9.17) is 9.94 Å². The van der Waals surface area contributed by atoms with Gasteiger partial charge < -0.3 is 26.0 Å². The minimum absolute atomic E-state index is 0.000702. The SMILES string of the molecule is CC(=O)N(OCCCO)c1c(I)c(C(=O)NCC(C)O)c(I)c(C(=O)NCC(C)O)c1I. The summed E-state index contributed by atoms with van der Waals surface area (Å²) in [4.78, 5) is 43.9. The molecule has 10 nitrogen and oxygen atoms in total. The molecule has 2 unspecified atom stereocenters. The Morgan fingerprint density at radius 1 is 0.938 bits per heavy atom. The number of rotatable bonds is 11. The van der Waals surface area contributed by atoms with Crippen LogP contribution in [0.3, 0.4) is 0 Å². The Kier molecular flexibility index (Phi) is 13.1. The first-order valence-electron chi connectivity index (χ1n) is 9.61. The molecule has 180 valence electrons. The van der Waals surface area contributed by atoms with Gasteiger partial charge in [0.05, 0.1) is 37.1 Å². The van der Waals surface area contributed by atoms with Crippen LogP contribution >= 0.6 is 67.8 Å². The Hall–Kier alpha value is -0.340. The van der Waals surface area contributed by atoms with Gasteiger partial charge in [-0.05, 0) is 88.0 Å². The van der Waals surface area contributed by atoms with Gasteiger partial charge in [0.1, 0.15) is 5.69 Å². The number of amides is 3. The van der Waals surface area contributed by atoms with E-state index in [-0.39, 0.29) is 49.5 Å². The van der Waals surface area contributed by atoms with E-state index in [0.717, 1.165) is 5.06 Å². The molecule has 0 heterocycles. The molecule has 0 aliphatic carbocycles. The number of benzene rings is 1. The summed E-state index contributed by atoms with van der Waals surface area (Å²) in [7, 11) is 0. The number of hydrogen-bond donors (Lipinski definition) is 5. The second-order valence-electron chi connectivity index (χ2n) is 6.88. The lowest BCUT2D eigenvalue weighted by Gasteiger charge is -2.26. The number of anilines is 1. The molecule has 5 N–H and O–H groups in total. The maximum absolute atomic E-state index is 13.0. The molecular weight excluding hydrogens is 763 g/mol. The van der Waals surface area contributed by atoms with Crippen LogP contribution in [-0.2, 0) is 9.63 Å². The van der Waals surface area contributed by atoms with E-state index in [1.807, 2.05) is 67.8 Å². The van der Waals surface area contributed by atoms with Crippen molar-refractivity contribution < 1.29 is 34.5 Å². The Labute approximate surface area is 227 Å². The molecular formula is C19H26I3N3O7. The van der Waals surface area contributed by atoms with Gasteiger partial charge >= 0.3 is 0 Å². The van der Waals surface area contributed by atoms with Gasteiger partial charge in [0.2, 0.25) is 5.91 Å². The molecule has 0 saturated carbocycles. The number of hydrogen-bond acceptors (Lipinski definition) is 7. The molecule has 0 bridgehead atoms. The first-order valence-corrected chi connectivity index (χ1v) is 12.8. The van der Waals surface area contributed by atoms with Gasteiger partial charge in [-0.3, -0.25) is 19.2 Å². The first-order chi connectivity index (χ1) is 14.9. The van der Waals surface area contributed by atoms with Crippen LogP contribution in [0.15, 0.2) is 0 Å². The lowest BCUT2D eigenvalue weighted by Crippen LogP contribution is -2.37. The summed E-state index contributed by atoms with van der Waals surface area (Å²) in [6, 6.07) is 0. The van der Waals surface area contributed by atoms with Crippen molar-refractivity contribution in [3.63, 3.8) is 0 Å². The van der Waals surface area contributed by atoms with Crippen molar-refractivity contribution in [1.29, 1.82) is 0 Å². The highest BCUT2D eigenvalue weighted by atomic mass is 127. The van der Waals surface area contributed by atoms with Crippen molar-refractivity contribution in [1.82, 2.24) is 10.6 Å². The summed E-state index contributed by atoms with van der Waals surface area (Å²) in [6.07, 6.45) is -1.27. The van der Waals surface area contributed by atoms with Gasteiger partial charge in [-0.25, -0.2) is 0 Å². The van der Waals surface area contributed by atoms with Crippen LogP contribution in [0.4, 0.5) is 5.69 Å². The van der Waals surface area contributed by atoms with E-state index < -0.39 is 29.9 Å². The lowest BCUT2D eigenvalue weighted by molar-refractivity contribution is -0.124. The Balaban J connectivity index is 3.70. The number of hydroxylamine groups is 1. The van der Waals surface area contributed by atoms with Crippen LogP contribution in [0.25, 0.3) is 0 Å². The summed E-state index contributed by atoms with van der Waals surface area (Å²) >= 11 is 5.73. The van der Waals surface area contributed by atoms with Crippen molar-refractivity contribution in [3.05, 3.63) is 21.8 Å². The van der Waals surface area contributed by atoms with Crippen LogP contribution in [0.5, 0.6) is 0 Å². The number of aliphatic hydroxyl groups excluding tert-OH is 3. The average molecular weight is 789 g/mol. The molecule has 32 heavy (non-hydrogen) atoms. The maximum Gasteiger partial charge on any atom is 0.253 e. The van der Waals surface area contributed by atoms with Crippen LogP contribution < -0.4 is 15.7 Å². The summed E-state index contributed by atoms with van der Waals surface area (Å²) in [5, 5.41) is 34.3. The smallest absolute Gasteiger partial charge is 0.253 e. The highest BCUT2D eigenvalue weighted by molar-refractivity contribution is 14.1. The van der Waals surface area contributed by atoms with E-state index in [1.165, 1.54) is 20.8 Å². The van der Waals surface area contributed by atoms with E-state index >= 15 is 0 Å². The van der Waals surface area contributed by atoms with E-state index in [9.17, 15) is 24.6 Å². The fourth-order valence-corrected chi connectivity index (χ4v) is 7.00. The topological polar surface area (TPSA) is 148 Å². The van der Waals surface area contributed by atoms with E-state index in [2.05, 4.69) is 10.6 Å². The third-order valence-electron chi connectivity index (χ3n) is 3.88. The van der Waals surface area contributed by atoms with E-state index in [0.29, 0.717) is 10.7 Å². The molecule has 2 atom stereocenters. The molecule has 0 fully saturated rings. The third kappa shape index (κ3) is 8.15. The quantitative estimate of drug-likeness (QED) is 0.129. The molecule has 0 aliphatic heterocycles. The largest absolute Gasteiger partial charge is 0.396 e. The first kappa shape index (κ1) is 29.7. The number of aliphatic hydroxyl groups is 3. The molecule has 3 amide bonds. The maximum atomic E-state index is 13.0. The standard InChI is InChI=1S/C19H26I3N3O7/c1-9(27)7-23-18(30)12-14(20)13(19(31)24-8-10(2)28)16(22)17(15(12)21)25(11(3)29)32-6-4-5-26/h9-10,26-28H,4-8H2,1-3H3,(H,23,30)(H,24,31). The van der Waals surface area contributed by atoms with Gasteiger partial charge in [0, 0.05) is 30.2 Å². The van der Waals surface area contributed by atoms with Gasteiger partial charge in [0.25, 0.3) is 11.8 Å². The predicted molar refractivity (Wildman–Crippen MR) is 143 cm³/mol. The molecule has 1 aromatic carbocycles. The van der Waals surface area contributed by atoms with Crippen molar-refractivity contribution in [2.45, 2.75) is 39.4 Å². The van der Waals surface area contributed by atoms with Crippen molar-refractivity contribution >= 4 is 91.2 Å². The Bertz CT molecular complexity index is 799. The highest BCUT2D eigenvalue weighted by Gasteiger charge is 2.32. The van der Waals surface area contributed by atoms with E-state index in [1.54, 1.807) is 0 Å². The number of carbonyl (C=O) groups is 3. The molecule has 0 aliphatic rings. The number of nitrogens with one attached hydrogen (secondary N) is 2. The van der Waals surface area contributed by atoms with Crippen molar-refractivity contribution in [3.8, 4) is 0 Å². The van der Waals surface area contributed by atoms with Gasteiger partial charge in [-0.15, -0.1) is 0 Å². The van der Waals surface area contributed by atoms with Gasteiger partial charge in [0.15, 0.2) is 0 Å². The lowest BCUT2D eigenvalue weighted by atomic mass is 10.1. The molecule has 0 radical (unpaired) electrons. The average Bonchev–Trinajstić information content (AvgIpc) is 2.69. The minimum Gasteiger partial charge on any atom is -0.396 e. The van der Waals surface area contributed by atoms with Crippen LogP contribution in [0, 0.1) is 10.7 Å². The highest BCUT2D eigenvalue weighted by Crippen LogP contribution is 2.38. The van der Waals surface area contributed by atoms with Crippen LogP contribution in [0.2, 0.25) is 0 Å². The van der Waals surface area contributed by atoms with Crippen molar-refractivity contribution in [2.75, 3.05) is 31.4 Å². The second kappa shape index (κ2) is 14.1. The van der Waals surface area contributed by atoms with Crippen LogP contribution in [-0.4, -0.2) is 71.6 Å². The summed E-state index contributed by atoms with van der Waals surface area (Å²) in [5.74, 6) is -1.53. The van der Waals surface area contributed by atoms with Crippen molar-refractivity contribution in [2.24, 2.45) is 0 Å². The Morgan fingerprint density at radius 3 is 1.72 bits per heavy atom. The number of nitrogens with zero attached hydrogens (tertiary/aromatic N) is 1. The molecule has 1 aromatic rings. The number of carbonyl (C=O) groups excluding carboxylic acids is 3. The molecule has 1 rings (SSSR count). The minimum atomic E-state index is -0.776. The molecule has 0 spiro atoms. The summed E-state index contributed by atoms with van der Waals surface area (Å²) in [5.41, 5.74) is 0.532. The second-order valence-corrected chi connectivity index (χ2v) is 10.1. The molecule has 13 heteroatoms. The molecule has 0 aromatic heterocycles. The predicted octanol–water partition coefficient (Wildman–Crippen LogP) is 1.39. The Morgan fingerprint density at radius 2 is 1.38 bits per heavy atom. The third-order valence-corrected chi connectivity index (χ3v) is 7.06. The fourth-order valence-electron chi connectivity index (χ4n) is 2.42. The zero-order valence-corrected chi connectivity index (χ0v) is 24.2.